The fourth-order valence-corrected chi connectivity index (χ4v) is 2.84. The molecule has 19 heavy (non-hydrogen) atoms. The number of anilines is 1. The van der Waals surface area contributed by atoms with Gasteiger partial charge in [-0.2, -0.15) is 0 Å². The second-order valence-corrected chi connectivity index (χ2v) is 5.24. The summed E-state index contributed by atoms with van der Waals surface area (Å²) >= 11 is 0. The molecule has 1 saturated carbocycles. The maximum absolute atomic E-state index is 14.2. The Labute approximate surface area is 113 Å². The summed E-state index contributed by atoms with van der Waals surface area (Å²) < 4.78 is 14.2. The summed E-state index contributed by atoms with van der Waals surface area (Å²) in [7, 11) is 0. The van der Waals surface area contributed by atoms with Crippen molar-refractivity contribution in [2.24, 2.45) is 0 Å². The molecule has 1 aromatic carbocycles. The number of aliphatic hydroxyl groups excluding tert-OH is 2. The van der Waals surface area contributed by atoms with Crippen LogP contribution in [0.5, 0.6) is 0 Å². The molecule has 0 aliphatic heterocycles. The van der Waals surface area contributed by atoms with Crippen LogP contribution in [0.2, 0.25) is 0 Å². The molecule has 0 radical (unpaired) electrons. The van der Waals surface area contributed by atoms with E-state index >= 15 is 0 Å². The van der Waals surface area contributed by atoms with Gasteiger partial charge in [-0.15, -0.1) is 0 Å². The monoisotopic (exact) mass is 267 g/mol. The molecule has 0 aromatic heterocycles. The van der Waals surface area contributed by atoms with Gasteiger partial charge >= 0.3 is 0 Å². The fourth-order valence-electron chi connectivity index (χ4n) is 2.84. The zero-order chi connectivity index (χ0) is 13.8. The normalized spacial score (nSPS) is 17.7. The van der Waals surface area contributed by atoms with Crippen LogP contribution >= 0.6 is 0 Å². The quantitative estimate of drug-likeness (QED) is 0.862. The van der Waals surface area contributed by atoms with Gasteiger partial charge in [0.1, 0.15) is 5.82 Å². The molecule has 1 aliphatic carbocycles. The minimum Gasteiger partial charge on any atom is -0.395 e. The van der Waals surface area contributed by atoms with Crippen LogP contribution in [-0.4, -0.2) is 29.4 Å². The summed E-state index contributed by atoms with van der Waals surface area (Å²) in [5.74, 6) is -0.321. The molecule has 2 rings (SSSR count). The Hall–Kier alpha value is -1.13. The molecule has 2 N–H and O–H groups in total. The number of aliphatic hydroxyl groups is 2. The summed E-state index contributed by atoms with van der Waals surface area (Å²) in [6.07, 6.45) is 3.77. The molecule has 0 amide bonds. The lowest BCUT2D eigenvalue weighted by Gasteiger charge is -2.31. The number of hydrogen-bond acceptors (Lipinski definition) is 3. The van der Waals surface area contributed by atoms with Crippen molar-refractivity contribution in [1.82, 2.24) is 0 Å². The van der Waals surface area contributed by atoms with Crippen molar-refractivity contribution in [1.29, 1.82) is 0 Å². The summed E-state index contributed by atoms with van der Waals surface area (Å²) in [5.41, 5.74) is 1.11. The molecule has 0 bridgehead atoms. The highest BCUT2D eigenvalue weighted by Crippen LogP contribution is 2.30. The van der Waals surface area contributed by atoms with E-state index in [9.17, 15) is 14.6 Å². The SMILES string of the molecule is C[C@@H](O)c1ccc(N(CCO)C2CCCC2)c(F)c1. The Morgan fingerprint density at radius 1 is 1.37 bits per heavy atom. The zero-order valence-electron chi connectivity index (χ0n) is 11.3. The molecule has 0 unspecified atom stereocenters. The minimum atomic E-state index is -0.665. The van der Waals surface area contributed by atoms with E-state index in [4.69, 9.17) is 0 Å². The largest absolute Gasteiger partial charge is 0.395 e. The van der Waals surface area contributed by atoms with Crippen LogP contribution in [0.1, 0.15) is 44.3 Å². The third-order valence-corrected chi connectivity index (χ3v) is 3.87. The second kappa shape index (κ2) is 6.35. The van der Waals surface area contributed by atoms with Gasteiger partial charge in [0.05, 0.1) is 18.4 Å². The maximum atomic E-state index is 14.2. The van der Waals surface area contributed by atoms with E-state index in [0.29, 0.717) is 23.8 Å². The Kier molecular flexibility index (Phi) is 4.77. The molecular weight excluding hydrogens is 245 g/mol. The number of benzene rings is 1. The van der Waals surface area contributed by atoms with Gasteiger partial charge in [-0.3, -0.25) is 0 Å². The van der Waals surface area contributed by atoms with Crippen molar-refractivity contribution in [3.05, 3.63) is 29.6 Å². The summed E-state index contributed by atoms with van der Waals surface area (Å²) in [6, 6.07) is 5.17. The first-order valence-electron chi connectivity index (χ1n) is 6.98. The van der Waals surface area contributed by atoms with Crippen LogP contribution in [0.25, 0.3) is 0 Å². The van der Waals surface area contributed by atoms with Crippen molar-refractivity contribution in [2.75, 3.05) is 18.1 Å². The lowest BCUT2D eigenvalue weighted by molar-refractivity contribution is 0.199. The first-order chi connectivity index (χ1) is 9.13. The van der Waals surface area contributed by atoms with Gasteiger partial charge < -0.3 is 15.1 Å². The van der Waals surface area contributed by atoms with Gasteiger partial charge in [0.2, 0.25) is 0 Å². The molecule has 1 fully saturated rings. The molecule has 0 heterocycles. The topological polar surface area (TPSA) is 43.7 Å². The van der Waals surface area contributed by atoms with Crippen molar-refractivity contribution in [3.63, 3.8) is 0 Å². The van der Waals surface area contributed by atoms with Gasteiger partial charge in [-0.05, 0) is 37.5 Å². The number of hydrogen-bond donors (Lipinski definition) is 2. The van der Waals surface area contributed by atoms with Crippen LogP contribution in [0.4, 0.5) is 10.1 Å². The number of rotatable bonds is 5. The number of nitrogens with zero attached hydrogens (tertiary/aromatic N) is 1. The first kappa shape index (κ1) is 14.3. The summed E-state index contributed by atoms with van der Waals surface area (Å²) in [5, 5.41) is 18.7. The van der Waals surface area contributed by atoms with Gasteiger partial charge in [-0.25, -0.2) is 4.39 Å². The molecule has 0 saturated heterocycles. The van der Waals surface area contributed by atoms with Crippen molar-refractivity contribution < 1.29 is 14.6 Å². The summed E-state index contributed by atoms with van der Waals surface area (Å²) in [6.45, 7) is 2.10. The van der Waals surface area contributed by atoms with Gasteiger partial charge in [0.25, 0.3) is 0 Å². The van der Waals surface area contributed by atoms with Crippen molar-refractivity contribution in [3.8, 4) is 0 Å². The molecule has 3 nitrogen and oxygen atoms in total. The van der Waals surface area contributed by atoms with E-state index in [-0.39, 0.29) is 12.4 Å². The molecule has 0 spiro atoms. The highest BCUT2D eigenvalue weighted by atomic mass is 19.1. The second-order valence-electron chi connectivity index (χ2n) is 5.24. The fraction of sp³-hybridized carbons (Fsp3) is 0.600. The van der Waals surface area contributed by atoms with Crippen LogP contribution < -0.4 is 4.90 Å². The number of halogens is 1. The zero-order valence-corrected chi connectivity index (χ0v) is 11.3. The van der Waals surface area contributed by atoms with Gasteiger partial charge in [0.15, 0.2) is 0 Å². The average Bonchev–Trinajstić information content (AvgIpc) is 2.90. The highest BCUT2D eigenvalue weighted by Gasteiger charge is 2.24. The van der Waals surface area contributed by atoms with Crippen LogP contribution in [0.3, 0.4) is 0 Å². The van der Waals surface area contributed by atoms with Crippen LogP contribution in [0, 0.1) is 5.82 Å². The predicted molar refractivity (Wildman–Crippen MR) is 73.7 cm³/mol. The molecular formula is C15H22FNO2. The Morgan fingerprint density at radius 2 is 2.05 bits per heavy atom. The summed E-state index contributed by atoms with van der Waals surface area (Å²) in [4.78, 5) is 1.97. The maximum Gasteiger partial charge on any atom is 0.146 e. The van der Waals surface area contributed by atoms with E-state index in [1.807, 2.05) is 4.90 Å². The molecule has 1 atom stereocenters. The van der Waals surface area contributed by atoms with Crippen LogP contribution in [-0.2, 0) is 0 Å². The average molecular weight is 267 g/mol. The highest BCUT2D eigenvalue weighted by molar-refractivity contribution is 5.50. The Bertz CT molecular complexity index is 417. The third kappa shape index (κ3) is 3.25. The Balaban J connectivity index is 2.25. The first-order valence-corrected chi connectivity index (χ1v) is 6.98. The van der Waals surface area contributed by atoms with E-state index in [2.05, 4.69) is 0 Å². The Morgan fingerprint density at radius 3 is 2.58 bits per heavy atom. The standard InChI is InChI=1S/C15H22FNO2/c1-11(19)12-6-7-15(14(16)10-12)17(8-9-18)13-4-2-3-5-13/h6-7,10-11,13,18-19H,2-5,8-9H2,1H3/t11-/m1/s1. The molecule has 4 heteroatoms. The molecule has 1 aromatic rings. The molecule has 1 aliphatic rings. The molecule has 106 valence electrons. The minimum absolute atomic E-state index is 0.0219. The van der Waals surface area contributed by atoms with Crippen molar-refractivity contribution >= 4 is 5.69 Å². The van der Waals surface area contributed by atoms with Crippen LogP contribution in [0.15, 0.2) is 18.2 Å². The van der Waals surface area contributed by atoms with E-state index in [1.165, 1.54) is 18.9 Å². The van der Waals surface area contributed by atoms with Gasteiger partial charge in [-0.1, -0.05) is 18.9 Å². The van der Waals surface area contributed by atoms with E-state index < -0.39 is 6.10 Å². The van der Waals surface area contributed by atoms with Crippen molar-refractivity contribution in [2.45, 2.75) is 44.8 Å². The predicted octanol–water partition coefficient (Wildman–Crippen LogP) is 2.62. The smallest absolute Gasteiger partial charge is 0.146 e. The lowest BCUT2D eigenvalue weighted by Crippen LogP contribution is -2.36. The van der Waals surface area contributed by atoms with Gasteiger partial charge in [0, 0.05) is 12.6 Å². The lowest BCUT2D eigenvalue weighted by atomic mass is 10.1. The van der Waals surface area contributed by atoms with E-state index in [1.54, 1.807) is 19.1 Å². The third-order valence-electron chi connectivity index (χ3n) is 3.87. The van der Waals surface area contributed by atoms with E-state index in [0.717, 1.165) is 12.8 Å².